The molecule has 10 heteroatoms. The standard InChI is InChI=1S/C28H31F3O7/c1-21(32)35-18-4-2-3-5-19-37-26(33)16-9-22-7-12-25(13-8-22)38-27(34)23-10-14-24(15-11-23)36-20-6-17-28(29,30)31/h7-16H,2-6,17-20H2,1H3/b16-9+. The zero-order valence-corrected chi connectivity index (χ0v) is 21.1. The van der Waals surface area contributed by atoms with E-state index >= 15 is 0 Å². The monoisotopic (exact) mass is 536 g/mol. The van der Waals surface area contributed by atoms with Crippen LogP contribution in [0.5, 0.6) is 11.5 Å². The number of halogens is 3. The van der Waals surface area contributed by atoms with Crippen molar-refractivity contribution in [1.29, 1.82) is 0 Å². The molecule has 0 saturated carbocycles. The van der Waals surface area contributed by atoms with Gasteiger partial charge in [-0.1, -0.05) is 12.1 Å². The summed E-state index contributed by atoms with van der Waals surface area (Å²) in [5, 5.41) is 0. The summed E-state index contributed by atoms with van der Waals surface area (Å²) < 4.78 is 57.1. The third kappa shape index (κ3) is 13.5. The Labute approximate surface area is 219 Å². The van der Waals surface area contributed by atoms with Gasteiger partial charge in [-0.25, -0.2) is 9.59 Å². The number of benzene rings is 2. The van der Waals surface area contributed by atoms with Crippen molar-refractivity contribution in [3.8, 4) is 11.5 Å². The van der Waals surface area contributed by atoms with Crippen LogP contribution in [0.2, 0.25) is 0 Å². The molecule has 0 atom stereocenters. The molecule has 7 nitrogen and oxygen atoms in total. The number of hydrogen-bond acceptors (Lipinski definition) is 7. The highest BCUT2D eigenvalue weighted by Crippen LogP contribution is 2.22. The molecule has 2 aromatic carbocycles. The van der Waals surface area contributed by atoms with E-state index in [1.54, 1.807) is 30.3 Å². The van der Waals surface area contributed by atoms with Crippen LogP contribution in [0.1, 0.15) is 61.4 Å². The van der Waals surface area contributed by atoms with Crippen molar-refractivity contribution >= 4 is 24.0 Å². The molecule has 206 valence electrons. The highest BCUT2D eigenvalue weighted by atomic mass is 19.4. The van der Waals surface area contributed by atoms with Gasteiger partial charge in [-0.3, -0.25) is 4.79 Å². The number of carbonyl (C=O) groups excluding carboxylic acids is 3. The summed E-state index contributed by atoms with van der Waals surface area (Å²) in [7, 11) is 0. The lowest BCUT2D eigenvalue weighted by Crippen LogP contribution is -2.10. The molecule has 0 aliphatic heterocycles. The quantitative estimate of drug-likeness (QED) is 0.114. The fourth-order valence-corrected chi connectivity index (χ4v) is 3.12. The molecule has 0 unspecified atom stereocenters. The maximum absolute atomic E-state index is 12.3. The fourth-order valence-electron chi connectivity index (χ4n) is 3.12. The number of alkyl halides is 3. The van der Waals surface area contributed by atoms with Gasteiger partial charge in [-0.05, 0) is 80.1 Å². The average molecular weight is 537 g/mol. The molecule has 0 fully saturated rings. The molecule has 0 saturated heterocycles. The highest BCUT2D eigenvalue weighted by molar-refractivity contribution is 5.91. The molecular weight excluding hydrogens is 505 g/mol. The molecule has 0 amide bonds. The van der Waals surface area contributed by atoms with Crippen LogP contribution in [0.25, 0.3) is 6.08 Å². The predicted molar refractivity (Wildman–Crippen MR) is 134 cm³/mol. The van der Waals surface area contributed by atoms with Crippen LogP contribution < -0.4 is 9.47 Å². The van der Waals surface area contributed by atoms with Crippen LogP contribution in [-0.2, 0) is 19.1 Å². The lowest BCUT2D eigenvalue weighted by molar-refractivity contribution is -0.141. The van der Waals surface area contributed by atoms with Crippen LogP contribution in [0, 0.1) is 0 Å². The topological polar surface area (TPSA) is 88.1 Å². The van der Waals surface area contributed by atoms with Gasteiger partial charge in [0.05, 0.1) is 25.4 Å². The number of hydrogen-bond donors (Lipinski definition) is 0. The second-order valence-corrected chi connectivity index (χ2v) is 8.31. The highest BCUT2D eigenvalue weighted by Gasteiger charge is 2.26. The molecule has 0 bridgehead atoms. The third-order valence-electron chi connectivity index (χ3n) is 5.05. The van der Waals surface area contributed by atoms with Gasteiger partial charge in [0.2, 0.25) is 0 Å². The molecule has 0 aliphatic carbocycles. The Kier molecular flexibility index (Phi) is 12.9. The Hall–Kier alpha value is -3.82. The summed E-state index contributed by atoms with van der Waals surface area (Å²) in [4.78, 5) is 34.8. The van der Waals surface area contributed by atoms with Crippen LogP contribution >= 0.6 is 0 Å². The smallest absolute Gasteiger partial charge is 0.389 e. The molecule has 2 aromatic rings. The maximum atomic E-state index is 12.3. The van der Waals surface area contributed by atoms with Crippen molar-refractivity contribution in [2.24, 2.45) is 0 Å². The largest absolute Gasteiger partial charge is 0.494 e. The molecule has 38 heavy (non-hydrogen) atoms. The van der Waals surface area contributed by atoms with Crippen LogP contribution in [0.3, 0.4) is 0 Å². The summed E-state index contributed by atoms with van der Waals surface area (Å²) >= 11 is 0. The molecule has 0 spiro atoms. The molecule has 0 radical (unpaired) electrons. The van der Waals surface area contributed by atoms with E-state index in [2.05, 4.69) is 0 Å². The minimum absolute atomic E-state index is 0.0813. The van der Waals surface area contributed by atoms with E-state index in [9.17, 15) is 27.6 Å². The first kappa shape index (κ1) is 30.4. The van der Waals surface area contributed by atoms with Crippen molar-refractivity contribution in [3.63, 3.8) is 0 Å². The number of carbonyl (C=O) groups is 3. The molecule has 0 heterocycles. The predicted octanol–water partition coefficient (Wildman–Crippen LogP) is 6.31. The zero-order valence-electron chi connectivity index (χ0n) is 21.1. The number of unbranched alkanes of at least 4 members (excludes halogenated alkanes) is 3. The van der Waals surface area contributed by atoms with E-state index in [-0.39, 0.29) is 24.6 Å². The van der Waals surface area contributed by atoms with E-state index in [0.29, 0.717) is 30.3 Å². The van der Waals surface area contributed by atoms with Gasteiger partial charge in [-0.15, -0.1) is 0 Å². The van der Waals surface area contributed by atoms with Gasteiger partial charge < -0.3 is 18.9 Å². The van der Waals surface area contributed by atoms with E-state index in [1.165, 1.54) is 37.3 Å². The minimum atomic E-state index is -4.21. The molecular formula is C28H31F3O7. The first-order chi connectivity index (χ1) is 18.1. The molecule has 2 rings (SSSR count). The maximum Gasteiger partial charge on any atom is 0.389 e. The van der Waals surface area contributed by atoms with Crippen molar-refractivity contribution in [2.75, 3.05) is 19.8 Å². The van der Waals surface area contributed by atoms with Crippen molar-refractivity contribution in [3.05, 3.63) is 65.7 Å². The Morgan fingerprint density at radius 2 is 1.37 bits per heavy atom. The van der Waals surface area contributed by atoms with E-state index < -0.39 is 24.5 Å². The first-order valence-corrected chi connectivity index (χ1v) is 12.2. The molecule has 0 aromatic heterocycles. The number of esters is 3. The van der Waals surface area contributed by atoms with E-state index in [4.69, 9.17) is 18.9 Å². The van der Waals surface area contributed by atoms with E-state index in [0.717, 1.165) is 25.7 Å². The Morgan fingerprint density at radius 1 is 0.763 bits per heavy atom. The van der Waals surface area contributed by atoms with Crippen molar-refractivity contribution in [2.45, 2.75) is 51.6 Å². The number of ether oxygens (including phenoxy) is 4. The number of rotatable bonds is 15. The average Bonchev–Trinajstić information content (AvgIpc) is 2.87. The Morgan fingerprint density at radius 3 is 1.97 bits per heavy atom. The SMILES string of the molecule is CC(=O)OCCCCCCOC(=O)/C=C/c1ccc(OC(=O)c2ccc(OCCCC(F)(F)F)cc2)cc1. The second kappa shape index (κ2) is 16.1. The summed E-state index contributed by atoms with van der Waals surface area (Å²) in [6.07, 6.45) is 0.851. The van der Waals surface area contributed by atoms with Crippen LogP contribution in [-0.4, -0.2) is 43.9 Å². The summed E-state index contributed by atoms with van der Waals surface area (Å²) in [6.45, 7) is 1.99. The van der Waals surface area contributed by atoms with Crippen LogP contribution in [0.15, 0.2) is 54.6 Å². The lowest BCUT2D eigenvalue weighted by atomic mass is 10.2. The molecule has 0 aliphatic rings. The second-order valence-electron chi connectivity index (χ2n) is 8.31. The normalized spacial score (nSPS) is 11.3. The van der Waals surface area contributed by atoms with Gasteiger partial charge in [0.1, 0.15) is 11.5 Å². The minimum Gasteiger partial charge on any atom is -0.494 e. The fraction of sp³-hybridized carbons (Fsp3) is 0.393. The summed E-state index contributed by atoms with van der Waals surface area (Å²) in [5.74, 6) is -0.702. The zero-order chi connectivity index (χ0) is 27.8. The van der Waals surface area contributed by atoms with Gasteiger partial charge in [-0.2, -0.15) is 13.2 Å². The van der Waals surface area contributed by atoms with Crippen molar-refractivity contribution < 1.29 is 46.5 Å². The summed E-state index contributed by atoms with van der Waals surface area (Å²) in [6, 6.07) is 12.4. The van der Waals surface area contributed by atoms with Crippen LogP contribution in [0.4, 0.5) is 13.2 Å². The Balaban J connectivity index is 1.68. The van der Waals surface area contributed by atoms with Crippen molar-refractivity contribution in [1.82, 2.24) is 0 Å². The van der Waals surface area contributed by atoms with E-state index in [1.807, 2.05) is 0 Å². The third-order valence-corrected chi connectivity index (χ3v) is 5.05. The van der Waals surface area contributed by atoms with Gasteiger partial charge in [0, 0.05) is 19.4 Å². The Bertz CT molecular complexity index is 1050. The first-order valence-electron chi connectivity index (χ1n) is 12.2. The summed E-state index contributed by atoms with van der Waals surface area (Å²) in [5.41, 5.74) is 0.961. The van der Waals surface area contributed by atoms with Gasteiger partial charge in [0.15, 0.2) is 0 Å². The molecule has 0 N–H and O–H groups in total. The van der Waals surface area contributed by atoms with Gasteiger partial charge >= 0.3 is 24.1 Å². The van der Waals surface area contributed by atoms with Gasteiger partial charge in [0.25, 0.3) is 0 Å². The lowest BCUT2D eigenvalue weighted by Gasteiger charge is -2.09.